The van der Waals surface area contributed by atoms with Crippen molar-refractivity contribution in [1.82, 2.24) is 0 Å². The minimum Gasteiger partial charge on any atom is -0.480 e. The van der Waals surface area contributed by atoms with Crippen molar-refractivity contribution in [2.75, 3.05) is 6.61 Å². The lowest BCUT2D eigenvalue weighted by Crippen LogP contribution is -2.51. The van der Waals surface area contributed by atoms with Crippen LogP contribution in [0.15, 0.2) is 0 Å². The molecule has 0 spiro atoms. The Kier molecular flexibility index (Phi) is 6.65. The number of aliphatic hydroxyl groups is 1. The minimum atomic E-state index is -1.63. The zero-order valence-corrected chi connectivity index (χ0v) is 13.3. The first-order valence-corrected chi connectivity index (χ1v) is 7.94. The lowest BCUT2D eigenvalue weighted by Gasteiger charge is -2.38. The summed E-state index contributed by atoms with van der Waals surface area (Å²) >= 11 is 0. The molecule has 0 saturated heterocycles. The molecule has 0 aromatic rings. The SMILES string of the molecule is CCOC(=O)C(CC(C)C)(C(=O)O)C1CCCCCC1O. The molecule has 1 aliphatic carbocycles. The number of rotatable bonds is 6. The molecule has 1 aliphatic rings. The zero-order chi connectivity index (χ0) is 16.0. The van der Waals surface area contributed by atoms with E-state index in [2.05, 4.69) is 0 Å². The van der Waals surface area contributed by atoms with E-state index >= 15 is 0 Å². The molecular weight excluding hydrogens is 272 g/mol. The fourth-order valence-corrected chi connectivity index (χ4v) is 3.49. The maximum absolute atomic E-state index is 12.5. The van der Waals surface area contributed by atoms with Gasteiger partial charge in [-0.3, -0.25) is 9.59 Å². The first kappa shape index (κ1) is 18.0. The van der Waals surface area contributed by atoms with Crippen LogP contribution in [0.25, 0.3) is 0 Å². The summed E-state index contributed by atoms with van der Waals surface area (Å²) in [5.41, 5.74) is -1.63. The number of carbonyl (C=O) groups is 2. The van der Waals surface area contributed by atoms with Crippen LogP contribution >= 0.6 is 0 Å². The third kappa shape index (κ3) is 3.96. The molecule has 1 rings (SSSR count). The molecular formula is C16H28O5. The van der Waals surface area contributed by atoms with Gasteiger partial charge in [-0.2, -0.15) is 0 Å². The molecule has 0 amide bonds. The van der Waals surface area contributed by atoms with Gasteiger partial charge in [0.05, 0.1) is 12.7 Å². The van der Waals surface area contributed by atoms with E-state index in [9.17, 15) is 19.8 Å². The van der Waals surface area contributed by atoms with Gasteiger partial charge in [0.2, 0.25) is 0 Å². The summed E-state index contributed by atoms with van der Waals surface area (Å²) in [7, 11) is 0. The number of carbonyl (C=O) groups excluding carboxylic acids is 1. The highest BCUT2D eigenvalue weighted by Crippen LogP contribution is 2.44. The van der Waals surface area contributed by atoms with Crippen molar-refractivity contribution < 1.29 is 24.5 Å². The molecule has 21 heavy (non-hydrogen) atoms. The lowest BCUT2D eigenvalue weighted by atomic mass is 9.66. The number of carboxylic acid groups (broad SMARTS) is 1. The van der Waals surface area contributed by atoms with Gasteiger partial charge in [-0.25, -0.2) is 0 Å². The van der Waals surface area contributed by atoms with E-state index in [1.807, 2.05) is 13.8 Å². The minimum absolute atomic E-state index is 0.0287. The summed E-state index contributed by atoms with van der Waals surface area (Å²) in [6.45, 7) is 5.60. The summed E-state index contributed by atoms with van der Waals surface area (Å²) in [6.07, 6.45) is 3.23. The highest BCUT2D eigenvalue weighted by molar-refractivity contribution is 5.99. The average molecular weight is 300 g/mol. The van der Waals surface area contributed by atoms with Gasteiger partial charge in [0, 0.05) is 5.92 Å². The second kappa shape index (κ2) is 7.78. The Morgan fingerprint density at radius 2 is 1.86 bits per heavy atom. The molecule has 5 nitrogen and oxygen atoms in total. The fourth-order valence-electron chi connectivity index (χ4n) is 3.49. The fraction of sp³-hybridized carbons (Fsp3) is 0.875. The molecule has 0 bridgehead atoms. The van der Waals surface area contributed by atoms with Gasteiger partial charge in [0.1, 0.15) is 0 Å². The van der Waals surface area contributed by atoms with Gasteiger partial charge in [-0.15, -0.1) is 0 Å². The quantitative estimate of drug-likeness (QED) is 0.447. The third-order valence-electron chi connectivity index (χ3n) is 4.36. The Morgan fingerprint density at radius 3 is 2.38 bits per heavy atom. The van der Waals surface area contributed by atoms with Crippen molar-refractivity contribution >= 4 is 11.9 Å². The van der Waals surface area contributed by atoms with Crippen LogP contribution in [-0.4, -0.2) is 34.9 Å². The molecule has 0 aromatic carbocycles. The van der Waals surface area contributed by atoms with Crippen molar-refractivity contribution in [2.45, 2.75) is 65.4 Å². The predicted molar refractivity (Wildman–Crippen MR) is 78.7 cm³/mol. The number of hydrogen-bond donors (Lipinski definition) is 2. The van der Waals surface area contributed by atoms with Crippen LogP contribution < -0.4 is 0 Å². The number of carboxylic acids is 1. The molecule has 0 aliphatic heterocycles. The van der Waals surface area contributed by atoms with E-state index in [1.165, 1.54) is 0 Å². The predicted octanol–water partition coefficient (Wildman–Crippen LogP) is 2.61. The van der Waals surface area contributed by atoms with E-state index in [0.29, 0.717) is 12.8 Å². The van der Waals surface area contributed by atoms with Crippen LogP contribution in [0.3, 0.4) is 0 Å². The Bertz CT molecular complexity index is 366. The Hall–Kier alpha value is -1.10. The number of hydrogen-bond acceptors (Lipinski definition) is 4. The van der Waals surface area contributed by atoms with Crippen molar-refractivity contribution in [1.29, 1.82) is 0 Å². The standard InChI is InChI=1S/C16H28O5/c1-4-21-15(20)16(14(18)19,10-11(2)3)12-8-6-5-7-9-13(12)17/h11-13,17H,4-10H2,1-3H3,(H,18,19). The first-order valence-electron chi connectivity index (χ1n) is 7.94. The largest absolute Gasteiger partial charge is 0.480 e. The van der Waals surface area contributed by atoms with E-state index in [4.69, 9.17) is 4.74 Å². The lowest BCUT2D eigenvalue weighted by molar-refractivity contribution is -0.179. The highest BCUT2D eigenvalue weighted by atomic mass is 16.5. The molecule has 0 radical (unpaired) electrons. The van der Waals surface area contributed by atoms with E-state index in [-0.39, 0.29) is 18.9 Å². The molecule has 5 heteroatoms. The van der Waals surface area contributed by atoms with Gasteiger partial charge >= 0.3 is 11.9 Å². The van der Waals surface area contributed by atoms with E-state index in [0.717, 1.165) is 19.3 Å². The molecule has 122 valence electrons. The molecule has 1 fully saturated rings. The van der Waals surface area contributed by atoms with Gasteiger partial charge in [-0.1, -0.05) is 33.1 Å². The highest BCUT2D eigenvalue weighted by Gasteiger charge is 2.56. The number of aliphatic hydroxyl groups excluding tert-OH is 1. The zero-order valence-electron chi connectivity index (χ0n) is 13.3. The molecule has 2 N–H and O–H groups in total. The number of esters is 1. The van der Waals surface area contributed by atoms with Crippen LogP contribution in [0.2, 0.25) is 0 Å². The second-order valence-electron chi connectivity index (χ2n) is 6.41. The van der Waals surface area contributed by atoms with Crippen LogP contribution in [0.5, 0.6) is 0 Å². The molecule has 0 aromatic heterocycles. The van der Waals surface area contributed by atoms with Crippen molar-refractivity contribution in [3.63, 3.8) is 0 Å². The summed E-state index contributed by atoms with van der Waals surface area (Å²) in [4.78, 5) is 24.5. The number of ether oxygens (including phenoxy) is 1. The Morgan fingerprint density at radius 1 is 1.24 bits per heavy atom. The van der Waals surface area contributed by atoms with Gasteiger partial charge < -0.3 is 14.9 Å². The smallest absolute Gasteiger partial charge is 0.323 e. The van der Waals surface area contributed by atoms with Gasteiger partial charge in [-0.05, 0) is 32.1 Å². The average Bonchev–Trinajstić information content (AvgIpc) is 2.60. The molecule has 3 unspecified atom stereocenters. The van der Waals surface area contributed by atoms with Crippen LogP contribution in [0.1, 0.15) is 59.3 Å². The first-order chi connectivity index (χ1) is 9.86. The summed E-state index contributed by atoms with van der Waals surface area (Å²) in [5.74, 6) is -2.40. The summed E-state index contributed by atoms with van der Waals surface area (Å²) in [6, 6.07) is 0. The summed E-state index contributed by atoms with van der Waals surface area (Å²) < 4.78 is 5.08. The maximum atomic E-state index is 12.5. The maximum Gasteiger partial charge on any atom is 0.323 e. The van der Waals surface area contributed by atoms with Crippen molar-refractivity contribution in [3.8, 4) is 0 Å². The van der Waals surface area contributed by atoms with Crippen LogP contribution in [-0.2, 0) is 14.3 Å². The topological polar surface area (TPSA) is 83.8 Å². The Labute approximate surface area is 126 Å². The normalized spacial score (nSPS) is 26.0. The van der Waals surface area contributed by atoms with Gasteiger partial charge in [0.25, 0.3) is 0 Å². The molecule has 0 heterocycles. The Balaban J connectivity index is 3.24. The monoisotopic (exact) mass is 300 g/mol. The molecule has 3 atom stereocenters. The van der Waals surface area contributed by atoms with Gasteiger partial charge in [0.15, 0.2) is 5.41 Å². The third-order valence-corrected chi connectivity index (χ3v) is 4.36. The van der Waals surface area contributed by atoms with E-state index < -0.39 is 29.4 Å². The van der Waals surface area contributed by atoms with Crippen molar-refractivity contribution in [3.05, 3.63) is 0 Å². The number of aliphatic carboxylic acids is 1. The van der Waals surface area contributed by atoms with Crippen molar-refractivity contribution in [2.24, 2.45) is 17.3 Å². The molecule has 1 saturated carbocycles. The summed E-state index contributed by atoms with van der Waals surface area (Å²) in [5, 5.41) is 20.2. The van der Waals surface area contributed by atoms with Crippen LogP contribution in [0, 0.1) is 17.3 Å². The second-order valence-corrected chi connectivity index (χ2v) is 6.41. The van der Waals surface area contributed by atoms with E-state index in [1.54, 1.807) is 6.92 Å². The van der Waals surface area contributed by atoms with Crippen LogP contribution in [0.4, 0.5) is 0 Å².